The molecule has 10 rings (SSSR count). The lowest BCUT2D eigenvalue weighted by Gasteiger charge is -2.38. The number of benzene rings is 6. The molecule has 0 aliphatic carbocycles. The molecule has 0 unspecified atom stereocenters. The molecular formula is C52H26F12N4O8. The van der Waals surface area contributed by atoms with Crippen molar-refractivity contribution in [3.63, 3.8) is 0 Å². The molecule has 0 spiro atoms. The van der Waals surface area contributed by atoms with Gasteiger partial charge in [-0.1, -0.05) is 42.5 Å². The maximum atomic E-state index is 15.5. The van der Waals surface area contributed by atoms with Gasteiger partial charge in [-0.25, -0.2) is 14.7 Å². The van der Waals surface area contributed by atoms with Gasteiger partial charge in [0.05, 0.1) is 61.6 Å². The Morgan fingerprint density at radius 3 is 0.855 bits per heavy atom. The van der Waals surface area contributed by atoms with Gasteiger partial charge in [0.15, 0.2) is 0 Å². The lowest BCUT2D eigenvalue weighted by atomic mass is 9.71. The van der Waals surface area contributed by atoms with E-state index >= 15 is 52.7 Å². The molecule has 0 bridgehead atoms. The number of carbonyl (C=O) groups is 8. The van der Waals surface area contributed by atoms with Gasteiger partial charge in [0.25, 0.3) is 47.3 Å². The van der Waals surface area contributed by atoms with E-state index in [1.165, 1.54) is 18.2 Å². The molecule has 0 aromatic heterocycles. The number of hydrogen-bond donors (Lipinski definition) is 0. The molecule has 0 atom stereocenters. The fraction of sp³-hybridized carbons (Fsp3) is 0.154. The summed E-state index contributed by atoms with van der Waals surface area (Å²) in [4.78, 5) is 109. The van der Waals surface area contributed by atoms with Crippen molar-refractivity contribution in [3.8, 4) is 0 Å². The number of anilines is 3. The first-order valence-electron chi connectivity index (χ1n) is 21.9. The Bertz CT molecular complexity index is 3660. The molecule has 0 fully saturated rings. The molecule has 0 N–H and O–H groups in total. The van der Waals surface area contributed by atoms with Crippen molar-refractivity contribution in [2.24, 2.45) is 0 Å². The number of alkyl halides is 12. The van der Waals surface area contributed by atoms with Crippen molar-refractivity contribution in [1.29, 1.82) is 0 Å². The van der Waals surface area contributed by atoms with Crippen LogP contribution in [0.3, 0.4) is 0 Å². The first-order valence-corrected chi connectivity index (χ1v) is 21.9. The number of aryl methyl sites for hydroxylation is 1. The highest BCUT2D eigenvalue weighted by atomic mass is 19.4. The summed E-state index contributed by atoms with van der Waals surface area (Å²) < 4.78 is 184. The number of hydrogen-bond acceptors (Lipinski definition) is 8. The Balaban J connectivity index is 1.00. The molecule has 6 aromatic rings. The van der Waals surface area contributed by atoms with Crippen LogP contribution in [-0.2, 0) is 10.8 Å². The fourth-order valence-corrected chi connectivity index (χ4v) is 10.2. The highest BCUT2D eigenvalue weighted by Gasteiger charge is 2.74. The minimum absolute atomic E-state index is 0.0250. The van der Waals surface area contributed by atoms with Crippen LogP contribution in [0.25, 0.3) is 0 Å². The van der Waals surface area contributed by atoms with Gasteiger partial charge in [0, 0.05) is 7.05 Å². The number of nitrogens with zero attached hydrogens (tertiary/aromatic N) is 4. The predicted octanol–water partition coefficient (Wildman–Crippen LogP) is 10.4. The van der Waals surface area contributed by atoms with Gasteiger partial charge < -0.3 is 0 Å². The quantitative estimate of drug-likeness (QED) is 0.113. The summed E-state index contributed by atoms with van der Waals surface area (Å²) in [6, 6.07) is 13.8. The second kappa shape index (κ2) is 16.3. The van der Waals surface area contributed by atoms with Gasteiger partial charge in [-0.15, -0.1) is 0 Å². The van der Waals surface area contributed by atoms with Crippen LogP contribution in [0.2, 0.25) is 0 Å². The molecule has 8 amide bonds. The van der Waals surface area contributed by atoms with Crippen molar-refractivity contribution in [1.82, 2.24) is 4.90 Å². The predicted molar refractivity (Wildman–Crippen MR) is 239 cm³/mol. The number of imide groups is 4. The smallest absolute Gasteiger partial charge is 0.277 e. The minimum atomic E-state index is -6.32. The van der Waals surface area contributed by atoms with Crippen LogP contribution in [0.5, 0.6) is 0 Å². The highest BCUT2D eigenvalue weighted by molar-refractivity contribution is 6.37. The Morgan fingerprint density at radius 2 is 0.553 bits per heavy atom. The maximum Gasteiger partial charge on any atom is 0.411 e. The zero-order chi connectivity index (χ0) is 55.3. The third kappa shape index (κ3) is 6.73. The van der Waals surface area contributed by atoms with Crippen molar-refractivity contribution < 1.29 is 91.0 Å². The molecule has 12 nitrogen and oxygen atoms in total. The van der Waals surface area contributed by atoms with Crippen LogP contribution in [0.4, 0.5) is 69.7 Å². The minimum Gasteiger partial charge on any atom is -0.277 e. The second-order valence-electron chi connectivity index (χ2n) is 17.9. The number of amides is 8. The van der Waals surface area contributed by atoms with Gasteiger partial charge in [-0.3, -0.25) is 43.3 Å². The normalized spacial score (nSPS) is 16.1. The zero-order valence-electron chi connectivity index (χ0n) is 38.1. The van der Waals surface area contributed by atoms with E-state index in [2.05, 4.69) is 0 Å². The Morgan fingerprint density at radius 1 is 0.303 bits per heavy atom. The van der Waals surface area contributed by atoms with Crippen molar-refractivity contribution in [3.05, 3.63) is 194 Å². The Hall–Kier alpha value is -8.96. The van der Waals surface area contributed by atoms with E-state index in [0.29, 0.717) is 51.8 Å². The van der Waals surface area contributed by atoms with Crippen LogP contribution in [-0.4, -0.2) is 83.9 Å². The topological polar surface area (TPSA) is 150 Å². The molecule has 0 saturated carbocycles. The van der Waals surface area contributed by atoms with E-state index < -0.39 is 161 Å². The summed E-state index contributed by atoms with van der Waals surface area (Å²) in [5.74, 6) is -10.3. The molecule has 386 valence electrons. The number of halogens is 12. The zero-order valence-corrected chi connectivity index (χ0v) is 38.1. The largest absolute Gasteiger partial charge is 0.411 e. The molecule has 0 saturated heterocycles. The average molecular weight is 1060 g/mol. The summed E-state index contributed by atoms with van der Waals surface area (Å²) >= 11 is 0. The monoisotopic (exact) mass is 1060 g/mol. The van der Waals surface area contributed by atoms with Crippen molar-refractivity contribution in [2.45, 2.75) is 42.5 Å². The van der Waals surface area contributed by atoms with Gasteiger partial charge in [-0.05, 0) is 114 Å². The lowest BCUT2D eigenvalue weighted by Crippen LogP contribution is -2.55. The van der Waals surface area contributed by atoms with Crippen molar-refractivity contribution in [2.75, 3.05) is 21.7 Å². The van der Waals surface area contributed by atoms with E-state index in [1.807, 2.05) is 0 Å². The molecule has 24 heteroatoms. The van der Waals surface area contributed by atoms with Crippen LogP contribution in [0.1, 0.15) is 111 Å². The van der Waals surface area contributed by atoms with Crippen LogP contribution >= 0.6 is 0 Å². The molecule has 4 heterocycles. The Labute approximate surface area is 417 Å². The molecule has 4 aliphatic heterocycles. The maximum absolute atomic E-state index is 15.5. The first kappa shape index (κ1) is 50.6. The highest BCUT2D eigenvalue weighted by Crippen LogP contribution is 2.59. The lowest BCUT2D eigenvalue weighted by molar-refractivity contribution is -0.290. The number of rotatable bonds is 7. The molecule has 76 heavy (non-hydrogen) atoms. The standard InChI is InChI=1S/C52H26F12N4O8/c1-23-5-3-6-28(17-23)66-41(71)32-14-10-26(19-36(32)44(66)74)48(51(59,60)61,52(62,63)64)27-12-16-34-38(21-27)46(76)68(43(34)73)30-8-4-7-29(22-30)67-42(72)33-15-11-25(20-37(33)45(67)75)47(49(53,54)55,50(56,57)58)24-9-13-31-35(18-24)40(70)65(2)39(31)69/h3-22H,1-2H3. The third-order valence-electron chi connectivity index (χ3n) is 13.8. The first-order chi connectivity index (χ1) is 35.4. The van der Waals surface area contributed by atoms with E-state index in [-0.39, 0.29) is 51.9 Å². The molecule has 0 radical (unpaired) electrons. The van der Waals surface area contributed by atoms with Crippen LogP contribution < -0.4 is 14.7 Å². The average Bonchev–Trinajstić information content (AvgIpc) is 3.92. The summed E-state index contributed by atoms with van der Waals surface area (Å²) in [6.45, 7) is 1.60. The Kier molecular flexibility index (Phi) is 10.8. The van der Waals surface area contributed by atoms with Crippen LogP contribution in [0, 0.1) is 6.92 Å². The van der Waals surface area contributed by atoms with E-state index in [0.717, 1.165) is 31.3 Å². The molecule has 6 aromatic carbocycles. The number of carbonyl (C=O) groups excluding carboxylic acids is 8. The SMILES string of the molecule is Cc1cccc(N2C(=O)c3ccc(C(c4ccc5c(c4)C(=O)N(c4cccc(N6C(=O)c7ccc(C(c8ccc9c(c8)C(=O)N(C)C9=O)(C(F)(F)F)C(F)(F)F)cc7C6=O)c4)C5=O)(C(F)(F)F)C(F)(F)F)cc3C2=O)c1. The van der Waals surface area contributed by atoms with Crippen LogP contribution in [0.15, 0.2) is 121 Å². The summed E-state index contributed by atoms with van der Waals surface area (Å²) in [5.41, 5.74) is -23.2. The summed E-state index contributed by atoms with van der Waals surface area (Å²) in [5, 5.41) is 0. The van der Waals surface area contributed by atoms with E-state index in [9.17, 15) is 38.4 Å². The summed E-state index contributed by atoms with van der Waals surface area (Å²) in [7, 11) is 0.950. The van der Waals surface area contributed by atoms with Gasteiger partial charge in [0.1, 0.15) is 0 Å². The van der Waals surface area contributed by atoms with Gasteiger partial charge >= 0.3 is 24.7 Å². The number of fused-ring (bicyclic) bond motifs is 4. The van der Waals surface area contributed by atoms with E-state index in [1.54, 1.807) is 13.0 Å². The van der Waals surface area contributed by atoms with Gasteiger partial charge in [0.2, 0.25) is 10.8 Å². The second-order valence-corrected chi connectivity index (χ2v) is 17.9. The summed E-state index contributed by atoms with van der Waals surface area (Å²) in [6.07, 6.45) is -25.2. The van der Waals surface area contributed by atoms with Gasteiger partial charge in [-0.2, -0.15) is 52.7 Å². The van der Waals surface area contributed by atoms with E-state index in [4.69, 9.17) is 0 Å². The molecule has 4 aliphatic rings. The van der Waals surface area contributed by atoms with Crippen molar-refractivity contribution >= 4 is 64.3 Å². The fourth-order valence-electron chi connectivity index (χ4n) is 10.2. The molecular weight excluding hydrogens is 1040 g/mol. The third-order valence-corrected chi connectivity index (χ3v) is 13.8.